The van der Waals surface area contributed by atoms with Gasteiger partial charge in [0.05, 0.1) is 11.7 Å². The second kappa shape index (κ2) is 9.80. The van der Waals surface area contributed by atoms with Crippen molar-refractivity contribution in [1.29, 1.82) is 0 Å². The van der Waals surface area contributed by atoms with E-state index < -0.39 is 10.0 Å². The molecule has 25 heavy (non-hydrogen) atoms. The maximum atomic E-state index is 12.3. The van der Waals surface area contributed by atoms with Gasteiger partial charge < -0.3 is 5.32 Å². The van der Waals surface area contributed by atoms with Gasteiger partial charge in [-0.3, -0.25) is 4.79 Å². The summed E-state index contributed by atoms with van der Waals surface area (Å²) in [6.07, 6.45) is 1.49. The zero-order valence-corrected chi connectivity index (χ0v) is 16.8. The number of benzene rings is 1. The third-order valence-electron chi connectivity index (χ3n) is 4.24. The molecule has 1 N–H and O–H groups in total. The fraction of sp³-hybridized carbons (Fsp3) is 0.588. The fourth-order valence-corrected chi connectivity index (χ4v) is 4.88. The Morgan fingerprint density at radius 1 is 1.36 bits per heavy atom. The summed E-state index contributed by atoms with van der Waals surface area (Å²) in [6.45, 7) is 3.06. The number of rotatable bonds is 8. The van der Waals surface area contributed by atoms with Crippen LogP contribution in [0.5, 0.6) is 0 Å². The predicted octanol–water partition coefficient (Wildman–Crippen LogP) is 2.75. The molecule has 1 aromatic carbocycles. The lowest BCUT2D eigenvalue weighted by Crippen LogP contribution is -2.46. The van der Waals surface area contributed by atoms with Gasteiger partial charge in [-0.2, -0.15) is 11.8 Å². The van der Waals surface area contributed by atoms with Crippen LogP contribution in [0.4, 0.5) is 0 Å². The van der Waals surface area contributed by atoms with E-state index in [2.05, 4.69) is 5.32 Å². The van der Waals surface area contributed by atoms with E-state index >= 15 is 0 Å². The van der Waals surface area contributed by atoms with E-state index in [0.717, 1.165) is 29.4 Å². The minimum Gasteiger partial charge on any atom is -0.355 e. The lowest BCUT2D eigenvalue weighted by atomic mass is 9.99. The normalized spacial score (nSPS) is 18.9. The molecule has 1 heterocycles. The molecule has 1 aliphatic rings. The molecule has 0 bridgehead atoms. The Morgan fingerprint density at radius 3 is 2.76 bits per heavy atom. The second-order valence-corrected chi connectivity index (χ2v) is 9.87. The first-order chi connectivity index (χ1) is 11.9. The van der Waals surface area contributed by atoms with E-state index in [-0.39, 0.29) is 17.6 Å². The van der Waals surface area contributed by atoms with Gasteiger partial charge in [-0.1, -0.05) is 23.7 Å². The van der Waals surface area contributed by atoms with Gasteiger partial charge in [-0.15, -0.1) is 0 Å². The fourth-order valence-electron chi connectivity index (χ4n) is 2.75. The van der Waals surface area contributed by atoms with Crippen molar-refractivity contribution in [3.8, 4) is 0 Å². The smallest absolute Gasteiger partial charge is 0.224 e. The zero-order valence-electron chi connectivity index (χ0n) is 14.4. The van der Waals surface area contributed by atoms with E-state index in [1.807, 2.05) is 24.3 Å². The minimum atomic E-state index is -3.21. The average Bonchev–Trinajstić information content (AvgIpc) is 2.63. The quantitative estimate of drug-likeness (QED) is 0.676. The number of piperidine rings is 1. The van der Waals surface area contributed by atoms with Crippen LogP contribution in [0.15, 0.2) is 24.3 Å². The number of nitrogens with zero attached hydrogens (tertiary/aromatic N) is 1. The number of thioether (sulfide) groups is 1. The Morgan fingerprint density at radius 2 is 2.08 bits per heavy atom. The first-order valence-corrected chi connectivity index (χ1v) is 11.6. The average molecular weight is 405 g/mol. The first-order valence-electron chi connectivity index (χ1n) is 8.50. The maximum Gasteiger partial charge on any atom is 0.224 e. The molecule has 1 unspecified atom stereocenters. The Labute approximate surface area is 159 Å². The number of hydrogen-bond donors (Lipinski definition) is 1. The number of sulfonamides is 1. The molecule has 0 radical (unpaired) electrons. The summed E-state index contributed by atoms with van der Waals surface area (Å²) in [5.41, 5.74) is 1.20. The van der Waals surface area contributed by atoms with E-state index in [1.54, 1.807) is 18.7 Å². The van der Waals surface area contributed by atoms with Crippen molar-refractivity contribution in [3.63, 3.8) is 0 Å². The van der Waals surface area contributed by atoms with E-state index in [9.17, 15) is 13.2 Å². The van der Waals surface area contributed by atoms with Crippen molar-refractivity contribution in [2.75, 3.05) is 31.1 Å². The van der Waals surface area contributed by atoms with Crippen LogP contribution in [0, 0.1) is 5.92 Å². The monoisotopic (exact) mass is 404 g/mol. The van der Waals surface area contributed by atoms with E-state index in [4.69, 9.17) is 11.6 Å². The van der Waals surface area contributed by atoms with Crippen LogP contribution < -0.4 is 5.32 Å². The summed E-state index contributed by atoms with van der Waals surface area (Å²) in [5, 5.41) is 3.66. The topological polar surface area (TPSA) is 66.5 Å². The van der Waals surface area contributed by atoms with Gasteiger partial charge in [0.15, 0.2) is 0 Å². The molecule has 0 aromatic heterocycles. The molecule has 5 nitrogen and oxygen atoms in total. The molecular formula is C17H25ClN2O3S2. The van der Waals surface area contributed by atoms with Crippen LogP contribution in [0.2, 0.25) is 5.02 Å². The van der Waals surface area contributed by atoms with Crippen molar-refractivity contribution in [2.24, 2.45) is 5.92 Å². The molecule has 8 heteroatoms. The van der Waals surface area contributed by atoms with Crippen LogP contribution in [-0.4, -0.2) is 49.8 Å². The number of halogens is 1. The molecule has 1 atom stereocenters. The first kappa shape index (κ1) is 20.6. The highest BCUT2D eigenvalue weighted by atomic mass is 35.5. The van der Waals surface area contributed by atoms with Gasteiger partial charge in [-0.25, -0.2) is 12.7 Å². The Bertz CT molecular complexity index is 665. The van der Waals surface area contributed by atoms with Crippen LogP contribution in [-0.2, 0) is 20.6 Å². The largest absolute Gasteiger partial charge is 0.355 e. The lowest BCUT2D eigenvalue weighted by Gasteiger charge is -2.30. The standard InChI is InChI=1S/C17H25ClN2O3S2/c1-2-25(22,23)20-10-3-4-15(12-20)17(21)19-9-11-24-13-14-5-7-16(18)8-6-14/h5-8,15H,2-4,9-13H2,1H3,(H,19,21). The maximum absolute atomic E-state index is 12.3. The Hall–Kier alpha value is -0.760. The van der Waals surface area contributed by atoms with Crippen LogP contribution >= 0.6 is 23.4 Å². The van der Waals surface area contributed by atoms with Gasteiger partial charge in [-0.05, 0) is 37.5 Å². The molecule has 1 fully saturated rings. The van der Waals surface area contributed by atoms with E-state index in [1.165, 1.54) is 9.87 Å². The van der Waals surface area contributed by atoms with Crippen LogP contribution in [0.1, 0.15) is 25.3 Å². The SMILES string of the molecule is CCS(=O)(=O)N1CCCC(C(=O)NCCSCc2ccc(Cl)cc2)C1. The molecule has 0 spiro atoms. The molecule has 0 aliphatic carbocycles. The third-order valence-corrected chi connectivity index (χ3v) is 7.37. The van der Waals surface area contributed by atoms with Gasteiger partial charge in [0.1, 0.15) is 0 Å². The van der Waals surface area contributed by atoms with Crippen molar-refractivity contribution in [2.45, 2.75) is 25.5 Å². The summed E-state index contributed by atoms with van der Waals surface area (Å²) in [6, 6.07) is 7.74. The van der Waals surface area contributed by atoms with Crippen molar-refractivity contribution >= 4 is 39.3 Å². The van der Waals surface area contributed by atoms with Crippen molar-refractivity contribution in [3.05, 3.63) is 34.9 Å². The predicted molar refractivity (Wildman–Crippen MR) is 104 cm³/mol. The highest BCUT2D eigenvalue weighted by Crippen LogP contribution is 2.20. The molecule has 2 rings (SSSR count). The Balaban J connectivity index is 1.68. The molecule has 0 saturated carbocycles. The van der Waals surface area contributed by atoms with Crippen LogP contribution in [0.25, 0.3) is 0 Å². The van der Waals surface area contributed by atoms with E-state index in [0.29, 0.717) is 19.6 Å². The third kappa shape index (κ3) is 6.47. The molecular weight excluding hydrogens is 380 g/mol. The summed E-state index contributed by atoms with van der Waals surface area (Å²) < 4.78 is 25.4. The number of hydrogen-bond acceptors (Lipinski definition) is 4. The molecule has 1 saturated heterocycles. The summed E-state index contributed by atoms with van der Waals surface area (Å²) in [5.74, 6) is 1.50. The number of carbonyl (C=O) groups is 1. The number of carbonyl (C=O) groups excluding carboxylic acids is 1. The summed E-state index contributed by atoms with van der Waals surface area (Å²) in [4.78, 5) is 12.3. The highest BCUT2D eigenvalue weighted by Gasteiger charge is 2.31. The van der Waals surface area contributed by atoms with Gasteiger partial charge in [0.25, 0.3) is 0 Å². The van der Waals surface area contributed by atoms with Crippen LogP contribution in [0.3, 0.4) is 0 Å². The number of nitrogens with one attached hydrogen (secondary N) is 1. The summed E-state index contributed by atoms with van der Waals surface area (Å²) in [7, 11) is -3.21. The second-order valence-electron chi connectivity index (χ2n) is 6.07. The van der Waals surface area contributed by atoms with Gasteiger partial charge in [0.2, 0.25) is 15.9 Å². The molecule has 1 aromatic rings. The van der Waals surface area contributed by atoms with Crippen molar-refractivity contribution in [1.82, 2.24) is 9.62 Å². The lowest BCUT2D eigenvalue weighted by molar-refractivity contribution is -0.125. The van der Waals surface area contributed by atoms with Gasteiger partial charge in [0, 0.05) is 36.2 Å². The summed E-state index contributed by atoms with van der Waals surface area (Å²) >= 11 is 7.60. The number of amides is 1. The molecule has 1 aliphatic heterocycles. The minimum absolute atomic E-state index is 0.0388. The Kier molecular flexibility index (Phi) is 8.06. The molecule has 140 valence electrons. The highest BCUT2D eigenvalue weighted by molar-refractivity contribution is 7.98. The van der Waals surface area contributed by atoms with Gasteiger partial charge >= 0.3 is 0 Å². The zero-order chi connectivity index (χ0) is 18.3. The van der Waals surface area contributed by atoms with Crippen molar-refractivity contribution < 1.29 is 13.2 Å². The molecule has 1 amide bonds.